The summed E-state index contributed by atoms with van der Waals surface area (Å²) in [5, 5.41) is 18.4. The molecule has 3 N–H and O–H groups in total. The summed E-state index contributed by atoms with van der Waals surface area (Å²) >= 11 is 0. The van der Waals surface area contributed by atoms with Gasteiger partial charge in [-0.25, -0.2) is 4.79 Å². The second-order valence-corrected chi connectivity index (χ2v) is 4.87. The number of nitrogens with zero attached hydrogens (tertiary/aromatic N) is 1. The zero-order chi connectivity index (χ0) is 15.6. The van der Waals surface area contributed by atoms with Crippen LogP contribution in [0.25, 0.3) is 0 Å². The molecule has 9 nitrogen and oxygen atoms in total. The van der Waals surface area contributed by atoms with E-state index in [1.165, 1.54) is 0 Å². The van der Waals surface area contributed by atoms with E-state index >= 15 is 0 Å². The van der Waals surface area contributed by atoms with Crippen LogP contribution >= 0.6 is 0 Å². The quantitative estimate of drug-likeness (QED) is 0.342. The minimum Gasteiger partial charge on any atom is -0.464 e. The highest BCUT2D eigenvalue weighted by molar-refractivity contribution is 5.77. The summed E-state index contributed by atoms with van der Waals surface area (Å²) < 4.78 is 9.77. The van der Waals surface area contributed by atoms with Crippen molar-refractivity contribution in [1.29, 1.82) is 0 Å². The zero-order valence-electron chi connectivity index (χ0n) is 11.9. The lowest BCUT2D eigenvalue weighted by Gasteiger charge is -2.19. The van der Waals surface area contributed by atoms with Crippen LogP contribution in [0.3, 0.4) is 0 Å². The van der Waals surface area contributed by atoms with Gasteiger partial charge in [0.2, 0.25) is 0 Å². The van der Waals surface area contributed by atoms with Crippen molar-refractivity contribution in [3.05, 3.63) is 0 Å². The lowest BCUT2D eigenvalue weighted by molar-refractivity contribution is -0.492. The third kappa shape index (κ3) is 13.0. The number of alkyl carbamates (subject to hydrolysis) is 1. The summed E-state index contributed by atoms with van der Waals surface area (Å²) in [6.45, 7) is 5.11. The Morgan fingerprint density at radius 2 is 1.75 bits per heavy atom. The van der Waals surface area contributed by atoms with Gasteiger partial charge in [-0.05, 0) is 33.6 Å². The molecule has 0 atom stereocenters. The van der Waals surface area contributed by atoms with Gasteiger partial charge in [0.25, 0.3) is 0 Å². The van der Waals surface area contributed by atoms with Crippen LogP contribution in [0.1, 0.15) is 33.6 Å². The second-order valence-electron chi connectivity index (χ2n) is 4.87. The fraction of sp³-hybridized carbons (Fsp3) is 0.818. The van der Waals surface area contributed by atoms with E-state index in [0.29, 0.717) is 12.8 Å². The Morgan fingerprint density at radius 3 is 2.30 bits per heavy atom. The number of hydrogen-bond acceptors (Lipinski definition) is 8. The van der Waals surface area contributed by atoms with Crippen LogP contribution in [0.4, 0.5) is 4.79 Å². The molecule has 0 spiro atoms. The Labute approximate surface area is 117 Å². The number of amides is 1. The molecule has 0 aromatic heterocycles. The first-order valence-electron chi connectivity index (χ1n) is 6.14. The van der Waals surface area contributed by atoms with E-state index in [1.807, 2.05) is 0 Å². The smallest absolute Gasteiger partial charge is 0.408 e. The number of esters is 1. The maximum absolute atomic E-state index is 11.2. The fourth-order valence-electron chi connectivity index (χ4n) is 1.05. The van der Waals surface area contributed by atoms with Crippen LogP contribution in [-0.4, -0.2) is 53.2 Å². The molecule has 0 aliphatic rings. The van der Waals surface area contributed by atoms with Gasteiger partial charge in [-0.1, -0.05) is 0 Å². The lowest BCUT2D eigenvalue weighted by atomic mass is 10.2. The van der Waals surface area contributed by atoms with Crippen LogP contribution < -0.4 is 5.32 Å². The van der Waals surface area contributed by atoms with Gasteiger partial charge in [0, 0.05) is 0 Å². The number of hydrogen-bond donors (Lipinski definition) is 3. The monoisotopic (exact) mass is 294 g/mol. The average molecular weight is 294 g/mol. The Morgan fingerprint density at radius 1 is 1.15 bits per heavy atom. The van der Waals surface area contributed by atoms with Crippen molar-refractivity contribution in [2.45, 2.75) is 39.2 Å². The summed E-state index contributed by atoms with van der Waals surface area (Å²) in [5.74, 6) is -0.581. The molecule has 20 heavy (non-hydrogen) atoms. The molecule has 0 radical (unpaired) electrons. The van der Waals surface area contributed by atoms with Crippen molar-refractivity contribution in [2.75, 3.05) is 19.8 Å². The van der Waals surface area contributed by atoms with Crippen LogP contribution in [0.2, 0.25) is 0 Å². The maximum Gasteiger partial charge on any atom is 0.408 e. The van der Waals surface area contributed by atoms with Crippen molar-refractivity contribution in [3.63, 3.8) is 0 Å². The molecule has 1 amide bonds. The second kappa shape index (κ2) is 9.48. The molecule has 0 aliphatic heterocycles. The average Bonchev–Trinajstić information content (AvgIpc) is 2.28. The van der Waals surface area contributed by atoms with Gasteiger partial charge in [0.15, 0.2) is 0 Å². The summed E-state index contributed by atoms with van der Waals surface area (Å²) in [6.07, 6.45) is 0.282. The van der Waals surface area contributed by atoms with Gasteiger partial charge in [-0.3, -0.25) is 20.0 Å². The fourth-order valence-corrected chi connectivity index (χ4v) is 1.05. The number of carbonyl (C=O) groups excluding carboxylic acids is 2. The van der Waals surface area contributed by atoms with E-state index in [2.05, 4.69) is 10.2 Å². The molecule has 0 saturated carbocycles. The normalized spacial score (nSPS) is 11.3. The van der Waals surface area contributed by atoms with Crippen molar-refractivity contribution >= 4 is 12.1 Å². The standard InChI is InChI=1S/C11H22N2O7/c1-11(2,3)20-10(15)12-8-9(14)18-6-4-5-7-19-13(16)17/h16-17H,4-8H2,1-3H3,(H,12,15). The molecule has 0 heterocycles. The van der Waals surface area contributed by atoms with Crippen molar-refractivity contribution < 1.29 is 34.3 Å². The van der Waals surface area contributed by atoms with Gasteiger partial charge in [0.05, 0.1) is 18.6 Å². The van der Waals surface area contributed by atoms with E-state index in [-0.39, 0.29) is 25.1 Å². The molecule has 0 aromatic carbocycles. The Balaban J connectivity index is 3.53. The zero-order valence-corrected chi connectivity index (χ0v) is 11.9. The molecular weight excluding hydrogens is 272 g/mol. The highest BCUT2D eigenvalue weighted by atomic mass is 17.1. The summed E-state index contributed by atoms with van der Waals surface area (Å²) in [4.78, 5) is 26.8. The third-order valence-electron chi connectivity index (χ3n) is 1.78. The molecule has 0 aliphatic carbocycles. The Kier molecular flexibility index (Phi) is 8.81. The molecule has 0 fully saturated rings. The number of ether oxygens (including phenoxy) is 2. The van der Waals surface area contributed by atoms with Crippen LogP contribution in [-0.2, 0) is 19.1 Å². The van der Waals surface area contributed by atoms with Gasteiger partial charge in [0.1, 0.15) is 12.1 Å². The number of unbranched alkanes of at least 4 members (excludes halogenated alkanes) is 1. The Hall–Kier alpha value is -1.42. The Bertz CT molecular complexity index is 302. The first-order chi connectivity index (χ1) is 9.20. The molecule has 0 unspecified atom stereocenters. The van der Waals surface area contributed by atoms with Gasteiger partial charge in [-0.15, -0.1) is 0 Å². The van der Waals surface area contributed by atoms with Gasteiger partial charge in [-0.2, -0.15) is 0 Å². The predicted molar refractivity (Wildman–Crippen MR) is 65.8 cm³/mol. The molecule has 0 rings (SSSR count). The van der Waals surface area contributed by atoms with Crippen LogP contribution in [0, 0.1) is 0 Å². The predicted octanol–water partition coefficient (Wildman–Crippen LogP) is 0.847. The minimum absolute atomic E-state index is 0.0840. The SMILES string of the molecule is CC(C)(C)OC(=O)NCC(=O)OCCCCON(O)O. The first-order valence-corrected chi connectivity index (χ1v) is 6.14. The van der Waals surface area contributed by atoms with Crippen LogP contribution in [0.15, 0.2) is 0 Å². The number of rotatable bonds is 8. The van der Waals surface area contributed by atoms with E-state index in [9.17, 15) is 9.59 Å². The third-order valence-corrected chi connectivity index (χ3v) is 1.78. The van der Waals surface area contributed by atoms with E-state index in [1.54, 1.807) is 20.8 Å². The number of carbonyl (C=O) groups is 2. The molecule has 9 heteroatoms. The maximum atomic E-state index is 11.2. The number of nitrogens with one attached hydrogen (secondary N) is 1. The largest absolute Gasteiger partial charge is 0.464 e. The van der Waals surface area contributed by atoms with Crippen LogP contribution in [0.5, 0.6) is 0 Å². The topological polar surface area (TPSA) is 118 Å². The molecule has 0 saturated heterocycles. The van der Waals surface area contributed by atoms with E-state index in [0.717, 1.165) is 0 Å². The summed E-state index contributed by atoms with van der Waals surface area (Å²) in [6, 6.07) is 0. The highest BCUT2D eigenvalue weighted by Crippen LogP contribution is 2.06. The van der Waals surface area contributed by atoms with E-state index in [4.69, 9.17) is 19.9 Å². The summed E-state index contributed by atoms with van der Waals surface area (Å²) in [7, 11) is 0. The van der Waals surface area contributed by atoms with Crippen molar-refractivity contribution in [3.8, 4) is 0 Å². The van der Waals surface area contributed by atoms with Gasteiger partial charge < -0.3 is 14.8 Å². The van der Waals surface area contributed by atoms with Gasteiger partial charge >= 0.3 is 12.1 Å². The molecular formula is C11H22N2O7. The minimum atomic E-state index is -0.686. The van der Waals surface area contributed by atoms with Crippen molar-refractivity contribution in [2.24, 2.45) is 0 Å². The summed E-state index contributed by atoms with van der Waals surface area (Å²) in [5.41, 5.74) is -0.624. The van der Waals surface area contributed by atoms with E-state index < -0.39 is 17.7 Å². The highest BCUT2D eigenvalue weighted by Gasteiger charge is 2.16. The molecule has 0 bridgehead atoms. The lowest BCUT2D eigenvalue weighted by Crippen LogP contribution is -2.36. The van der Waals surface area contributed by atoms with Crippen molar-refractivity contribution in [1.82, 2.24) is 10.7 Å². The molecule has 0 aromatic rings. The molecule has 118 valence electrons. The first kappa shape index (κ1) is 18.6.